The van der Waals surface area contributed by atoms with E-state index in [0.717, 1.165) is 19.3 Å². The predicted octanol–water partition coefficient (Wildman–Crippen LogP) is 5.10. The summed E-state index contributed by atoms with van der Waals surface area (Å²) in [5.41, 5.74) is 0. The molecule has 1 aliphatic rings. The van der Waals surface area contributed by atoms with Crippen LogP contribution in [0.1, 0.15) is 66.7 Å². The molecule has 0 aromatic carbocycles. The minimum absolute atomic E-state index is 0.192. The van der Waals surface area contributed by atoms with Crippen molar-refractivity contribution < 1.29 is 30.0 Å². The summed E-state index contributed by atoms with van der Waals surface area (Å²) in [6.45, 7) is 13.8. The average Bonchev–Trinajstić information content (AvgIpc) is 2.87. The van der Waals surface area contributed by atoms with Crippen molar-refractivity contribution in [2.24, 2.45) is 35.5 Å². The van der Waals surface area contributed by atoms with Crippen LogP contribution >= 0.6 is 0 Å². The van der Waals surface area contributed by atoms with Gasteiger partial charge >= 0.3 is 5.97 Å². The third-order valence-corrected chi connectivity index (χ3v) is 7.61. The summed E-state index contributed by atoms with van der Waals surface area (Å²) < 4.78 is 4.98. The number of carbonyl (C=O) groups is 1. The molecule has 4 N–H and O–H groups in total. The lowest BCUT2D eigenvalue weighted by Gasteiger charge is -2.28. The van der Waals surface area contributed by atoms with Gasteiger partial charge in [-0.3, -0.25) is 0 Å². The maximum atomic E-state index is 12.1. The predicted molar refractivity (Wildman–Crippen MR) is 149 cm³/mol. The topological polar surface area (TPSA) is 107 Å². The van der Waals surface area contributed by atoms with Crippen molar-refractivity contribution in [2.45, 2.75) is 91.3 Å². The lowest BCUT2D eigenvalue weighted by Crippen LogP contribution is -2.35. The zero-order chi connectivity index (χ0) is 28.0. The van der Waals surface area contributed by atoms with Crippen LogP contribution in [0.25, 0.3) is 0 Å². The molecule has 0 saturated carbocycles. The lowest BCUT2D eigenvalue weighted by atomic mass is 9.77. The third kappa shape index (κ3) is 12.4. The molecule has 37 heavy (non-hydrogen) atoms. The Morgan fingerprint density at radius 3 is 2.35 bits per heavy atom. The van der Waals surface area contributed by atoms with Crippen LogP contribution in [-0.4, -0.2) is 51.0 Å². The summed E-state index contributed by atoms with van der Waals surface area (Å²) in [6, 6.07) is 0. The van der Waals surface area contributed by atoms with Crippen molar-refractivity contribution in [3.8, 4) is 0 Å². The first-order chi connectivity index (χ1) is 17.5. The second-order valence-corrected chi connectivity index (χ2v) is 10.8. The third-order valence-electron chi connectivity index (χ3n) is 7.61. The first-order valence-corrected chi connectivity index (χ1v) is 13.7. The van der Waals surface area contributed by atoms with E-state index in [1.54, 1.807) is 31.2 Å². The molecule has 1 heterocycles. The van der Waals surface area contributed by atoms with Crippen LogP contribution < -0.4 is 0 Å². The summed E-state index contributed by atoms with van der Waals surface area (Å²) in [4.78, 5) is 12.1. The van der Waals surface area contributed by atoms with E-state index in [0.29, 0.717) is 18.8 Å². The lowest BCUT2D eigenvalue weighted by molar-refractivity contribution is -0.187. The van der Waals surface area contributed by atoms with Gasteiger partial charge in [0.15, 0.2) is 0 Å². The van der Waals surface area contributed by atoms with Crippen LogP contribution in [0.3, 0.4) is 0 Å². The summed E-state index contributed by atoms with van der Waals surface area (Å²) in [5.74, 6) is -0.323. The highest BCUT2D eigenvalue weighted by molar-refractivity contribution is 5.82. The summed E-state index contributed by atoms with van der Waals surface area (Å²) >= 11 is 0. The standard InChI is InChI=1S/C31H50O6/c1-7-8-13-22(3)26-20-21(2)18-19-28(33)25(6)27(32)16-11-9-15-24(5)30(35)31(36)37-29(34)17-12-10-14-23(26)4/h7-8,10,12-14,17-19,21-28,30-33,35-36H,1,9,11,15-16,20H2,2-6H3/b13-8?,14-10+,17-12+,19-18+/t21-,22+,23-,24-,25-,26+,27+,28+,30+,31+/m1/s1. The molecule has 0 aromatic heterocycles. The normalized spacial score (nSPS) is 39.5. The van der Waals surface area contributed by atoms with Gasteiger partial charge in [-0.1, -0.05) is 103 Å². The molecule has 0 spiro atoms. The van der Waals surface area contributed by atoms with Gasteiger partial charge in [0.25, 0.3) is 0 Å². The van der Waals surface area contributed by atoms with E-state index in [4.69, 9.17) is 4.74 Å². The highest BCUT2D eigenvalue weighted by Crippen LogP contribution is 2.31. The largest absolute Gasteiger partial charge is 0.430 e. The molecule has 1 rings (SSSR count). The van der Waals surface area contributed by atoms with Crippen molar-refractivity contribution in [2.75, 3.05) is 0 Å². The van der Waals surface area contributed by atoms with E-state index in [1.807, 2.05) is 25.2 Å². The van der Waals surface area contributed by atoms with Crippen LogP contribution in [-0.2, 0) is 9.53 Å². The van der Waals surface area contributed by atoms with E-state index in [9.17, 15) is 25.2 Å². The van der Waals surface area contributed by atoms with Crippen LogP contribution in [0.5, 0.6) is 0 Å². The Labute approximate surface area is 224 Å². The quantitative estimate of drug-likeness (QED) is 0.235. The van der Waals surface area contributed by atoms with Gasteiger partial charge in [-0.05, 0) is 48.9 Å². The van der Waals surface area contributed by atoms with Crippen LogP contribution in [0, 0.1) is 35.5 Å². The second-order valence-electron chi connectivity index (χ2n) is 10.8. The Hall–Kier alpha value is -1.99. The second kappa shape index (κ2) is 17.5. The average molecular weight is 519 g/mol. The molecule has 0 radical (unpaired) electrons. The number of aliphatic hydroxyl groups excluding tert-OH is 4. The molecule has 6 nitrogen and oxygen atoms in total. The fourth-order valence-electron chi connectivity index (χ4n) is 4.80. The van der Waals surface area contributed by atoms with Crippen LogP contribution in [0.2, 0.25) is 0 Å². The number of aliphatic hydroxyl groups is 4. The fraction of sp³-hybridized carbons (Fsp3) is 0.645. The van der Waals surface area contributed by atoms with E-state index >= 15 is 0 Å². The zero-order valence-corrected chi connectivity index (χ0v) is 23.3. The van der Waals surface area contributed by atoms with Crippen molar-refractivity contribution in [3.63, 3.8) is 0 Å². The number of hydrogen-bond donors (Lipinski definition) is 4. The smallest absolute Gasteiger partial charge is 0.333 e. The number of rotatable bonds is 3. The SMILES string of the molecule is C=CC=C[C@H](C)[C@@H]1C[C@H](C)/C=C/[C@H](O)[C@H](C)[C@@H](O)CCCC[C@@H](C)[C@H](O)[C@@H](O)OC(=O)/C=C/C=C/[C@H]1C. The summed E-state index contributed by atoms with van der Waals surface area (Å²) in [5, 5.41) is 41.7. The molecule has 6 heteroatoms. The van der Waals surface area contributed by atoms with Gasteiger partial charge < -0.3 is 25.2 Å². The van der Waals surface area contributed by atoms with Crippen molar-refractivity contribution in [1.82, 2.24) is 0 Å². The van der Waals surface area contributed by atoms with Gasteiger partial charge in [0, 0.05) is 12.0 Å². The van der Waals surface area contributed by atoms with Gasteiger partial charge in [0.2, 0.25) is 6.29 Å². The first kappa shape index (κ1) is 33.0. The van der Waals surface area contributed by atoms with Crippen LogP contribution in [0.4, 0.5) is 0 Å². The number of esters is 1. The van der Waals surface area contributed by atoms with Gasteiger partial charge in [-0.15, -0.1) is 0 Å². The number of ether oxygens (including phenoxy) is 1. The Morgan fingerprint density at radius 2 is 1.68 bits per heavy atom. The maximum absolute atomic E-state index is 12.1. The molecular weight excluding hydrogens is 468 g/mol. The van der Waals surface area contributed by atoms with Gasteiger partial charge in [-0.2, -0.15) is 0 Å². The maximum Gasteiger partial charge on any atom is 0.333 e. The molecule has 1 aliphatic heterocycles. The van der Waals surface area contributed by atoms with Gasteiger partial charge in [-0.25, -0.2) is 4.79 Å². The van der Waals surface area contributed by atoms with Crippen molar-refractivity contribution in [3.05, 3.63) is 61.3 Å². The number of cyclic esters (lactones) is 1. The Bertz CT molecular complexity index is 785. The van der Waals surface area contributed by atoms with E-state index in [-0.39, 0.29) is 29.6 Å². The zero-order valence-electron chi connectivity index (χ0n) is 23.3. The Morgan fingerprint density at radius 1 is 1.00 bits per heavy atom. The van der Waals surface area contributed by atoms with E-state index in [1.165, 1.54) is 6.08 Å². The monoisotopic (exact) mass is 518 g/mol. The molecule has 0 aromatic rings. The summed E-state index contributed by atoms with van der Waals surface area (Å²) in [6.07, 6.45) is 15.6. The minimum Gasteiger partial charge on any atom is -0.430 e. The molecule has 0 unspecified atom stereocenters. The molecule has 210 valence electrons. The molecule has 0 fully saturated rings. The molecule has 0 bridgehead atoms. The van der Waals surface area contributed by atoms with E-state index in [2.05, 4.69) is 33.4 Å². The molecular formula is C31H50O6. The Kier molecular flexibility index (Phi) is 15.6. The fourth-order valence-corrected chi connectivity index (χ4v) is 4.80. The first-order valence-electron chi connectivity index (χ1n) is 13.7. The number of carbonyl (C=O) groups excluding carboxylic acids is 1. The van der Waals surface area contributed by atoms with Crippen molar-refractivity contribution >= 4 is 5.97 Å². The van der Waals surface area contributed by atoms with Crippen LogP contribution in [0.15, 0.2) is 61.3 Å². The molecule has 0 saturated heterocycles. The summed E-state index contributed by atoms with van der Waals surface area (Å²) in [7, 11) is 0. The highest BCUT2D eigenvalue weighted by atomic mass is 16.6. The molecule has 10 atom stereocenters. The number of allylic oxidation sites excluding steroid dienone is 7. The van der Waals surface area contributed by atoms with E-state index < -0.39 is 30.6 Å². The van der Waals surface area contributed by atoms with Crippen molar-refractivity contribution in [1.29, 1.82) is 0 Å². The molecule has 0 aliphatic carbocycles. The Balaban J connectivity index is 3.13. The highest BCUT2D eigenvalue weighted by Gasteiger charge is 2.26. The molecule has 0 amide bonds. The van der Waals surface area contributed by atoms with Gasteiger partial charge in [0.05, 0.1) is 12.2 Å². The number of hydrogen-bond acceptors (Lipinski definition) is 6. The minimum atomic E-state index is -1.61. The van der Waals surface area contributed by atoms with Gasteiger partial charge in [0.1, 0.15) is 6.10 Å².